The molecule has 2 aromatic carbocycles. The lowest BCUT2D eigenvalue weighted by Gasteiger charge is -2.15. The summed E-state index contributed by atoms with van der Waals surface area (Å²) in [4.78, 5) is 23.5. The van der Waals surface area contributed by atoms with Crippen molar-refractivity contribution in [2.75, 3.05) is 0 Å². The Bertz CT molecular complexity index is 628. The molecule has 0 aromatic heterocycles. The van der Waals surface area contributed by atoms with E-state index in [2.05, 4.69) is 21.2 Å². The van der Waals surface area contributed by atoms with E-state index in [1.165, 1.54) is 0 Å². The van der Waals surface area contributed by atoms with Gasteiger partial charge in [0.1, 0.15) is 0 Å². The molecule has 0 saturated carbocycles. The van der Waals surface area contributed by atoms with Crippen molar-refractivity contribution in [2.45, 2.75) is 6.04 Å². The van der Waals surface area contributed by atoms with Crippen LogP contribution in [0.4, 0.5) is 0 Å². The zero-order valence-electron chi connectivity index (χ0n) is 10.4. The van der Waals surface area contributed by atoms with Gasteiger partial charge in [-0.25, -0.2) is 4.79 Å². The van der Waals surface area contributed by atoms with Crippen LogP contribution < -0.4 is 5.32 Å². The van der Waals surface area contributed by atoms with Crippen molar-refractivity contribution < 1.29 is 14.7 Å². The van der Waals surface area contributed by atoms with Gasteiger partial charge in [0.2, 0.25) is 0 Å². The van der Waals surface area contributed by atoms with E-state index in [0.29, 0.717) is 15.6 Å². The largest absolute Gasteiger partial charge is 0.479 e. The monoisotopic (exact) mass is 333 g/mol. The van der Waals surface area contributed by atoms with E-state index < -0.39 is 17.9 Å². The number of carbonyl (C=O) groups excluding carboxylic acids is 1. The van der Waals surface area contributed by atoms with Gasteiger partial charge in [0.25, 0.3) is 5.91 Å². The number of halogens is 1. The number of carboxylic acids is 1. The van der Waals surface area contributed by atoms with Gasteiger partial charge in [-0.15, -0.1) is 0 Å². The van der Waals surface area contributed by atoms with E-state index in [-0.39, 0.29) is 0 Å². The maximum atomic E-state index is 12.1. The first kappa shape index (κ1) is 14.3. The van der Waals surface area contributed by atoms with E-state index in [9.17, 15) is 14.7 Å². The zero-order valence-corrected chi connectivity index (χ0v) is 12.0. The molecule has 2 aromatic rings. The second kappa shape index (κ2) is 6.34. The van der Waals surface area contributed by atoms with Crippen molar-refractivity contribution in [3.05, 3.63) is 70.2 Å². The minimum Gasteiger partial charge on any atom is -0.479 e. The number of amides is 1. The highest BCUT2D eigenvalue weighted by molar-refractivity contribution is 9.10. The van der Waals surface area contributed by atoms with E-state index in [0.717, 1.165) is 0 Å². The van der Waals surface area contributed by atoms with Crippen molar-refractivity contribution in [3.63, 3.8) is 0 Å². The lowest BCUT2D eigenvalue weighted by molar-refractivity contribution is -0.139. The predicted octanol–water partition coefficient (Wildman–Crippen LogP) is 3.00. The number of nitrogens with one attached hydrogen (secondary N) is 1. The molecule has 2 N–H and O–H groups in total. The first-order chi connectivity index (χ1) is 9.59. The Kier molecular flexibility index (Phi) is 4.53. The Morgan fingerprint density at radius 2 is 1.60 bits per heavy atom. The maximum absolute atomic E-state index is 12.1. The standard InChI is InChI=1S/C15H12BrNO3/c16-12-9-5-4-8-11(12)14(18)17-13(15(19)20)10-6-2-1-3-7-10/h1-9,13H,(H,17,18)(H,19,20)/t13-/m0/s1. The molecule has 0 fully saturated rings. The van der Waals surface area contributed by atoms with Crippen LogP contribution in [0.1, 0.15) is 22.0 Å². The fraction of sp³-hybridized carbons (Fsp3) is 0.0667. The van der Waals surface area contributed by atoms with Gasteiger partial charge in [0.15, 0.2) is 6.04 Å². The topological polar surface area (TPSA) is 66.4 Å². The maximum Gasteiger partial charge on any atom is 0.330 e. The molecule has 0 aliphatic carbocycles. The summed E-state index contributed by atoms with van der Waals surface area (Å²) in [7, 11) is 0. The van der Waals surface area contributed by atoms with Crippen LogP contribution >= 0.6 is 15.9 Å². The van der Waals surface area contributed by atoms with Crippen LogP contribution in [0.2, 0.25) is 0 Å². The molecule has 1 atom stereocenters. The van der Waals surface area contributed by atoms with Crippen molar-refractivity contribution >= 4 is 27.8 Å². The summed E-state index contributed by atoms with van der Waals surface area (Å²) >= 11 is 3.27. The van der Waals surface area contributed by atoms with E-state index in [4.69, 9.17) is 0 Å². The summed E-state index contributed by atoms with van der Waals surface area (Å²) in [5, 5.41) is 11.8. The van der Waals surface area contributed by atoms with Gasteiger partial charge in [-0.1, -0.05) is 42.5 Å². The number of carbonyl (C=O) groups is 2. The molecule has 0 aliphatic heterocycles. The summed E-state index contributed by atoms with van der Waals surface area (Å²) in [6.07, 6.45) is 0. The van der Waals surface area contributed by atoms with Crippen molar-refractivity contribution in [1.29, 1.82) is 0 Å². The second-order valence-electron chi connectivity index (χ2n) is 4.14. The molecule has 1 amide bonds. The molecular formula is C15H12BrNO3. The Hall–Kier alpha value is -2.14. The van der Waals surface area contributed by atoms with Gasteiger partial charge in [-0.05, 0) is 33.6 Å². The average molecular weight is 334 g/mol. The Labute approximate surface area is 124 Å². The number of rotatable bonds is 4. The van der Waals surface area contributed by atoms with Gasteiger partial charge in [-0.2, -0.15) is 0 Å². The lowest BCUT2D eigenvalue weighted by Crippen LogP contribution is -2.33. The van der Waals surface area contributed by atoms with E-state index in [1.54, 1.807) is 54.6 Å². The van der Waals surface area contributed by atoms with Crippen LogP contribution in [-0.4, -0.2) is 17.0 Å². The van der Waals surface area contributed by atoms with Crippen LogP contribution in [0.25, 0.3) is 0 Å². The number of aliphatic carboxylic acids is 1. The summed E-state index contributed by atoms with van der Waals surface area (Å²) in [6, 6.07) is 14.4. The number of benzene rings is 2. The van der Waals surface area contributed by atoms with E-state index >= 15 is 0 Å². The van der Waals surface area contributed by atoms with Crippen LogP contribution in [0.5, 0.6) is 0 Å². The number of hydrogen-bond acceptors (Lipinski definition) is 2. The molecule has 0 bridgehead atoms. The number of hydrogen-bond donors (Lipinski definition) is 2. The predicted molar refractivity (Wildman–Crippen MR) is 78.4 cm³/mol. The summed E-state index contributed by atoms with van der Waals surface area (Å²) in [6.45, 7) is 0. The quantitative estimate of drug-likeness (QED) is 0.903. The molecule has 0 unspecified atom stereocenters. The van der Waals surface area contributed by atoms with Crippen molar-refractivity contribution in [2.24, 2.45) is 0 Å². The van der Waals surface area contributed by atoms with Gasteiger partial charge in [0.05, 0.1) is 5.56 Å². The molecule has 0 saturated heterocycles. The smallest absolute Gasteiger partial charge is 0.330 e. The molecule has 0 heterocycles. The summed E-state index contributed by atoms with van der Waals surface area (Å²) < 4.78 is 0.620. The number of carboxylic acid groups (broad SMARTS) is 1. The van der Waals surface area contributed by atoms with Crippen LogP contribution in [0.15, 0.2) is 59.1 Å². The molecule has 0 radical (unpaired) electrons. The third-order valence-electron chi connectivity index (χ3n) is 2.77. The molecule has 20 heavy (non-hydrogen) atoms. The highest BCUT2D eigenvalue weighted by Crippen LogP contribution is 2.18. The third-order valence-corrected chi connectivity index (χ3v) is 3.47. The molecule has 5 heteroatoms. The normalized spacial score (nSPS) is 11.7. The second-order valence-corrected chi connectivity index (χ2v) is 4.99. The highest BCUT2D eigenvalue weighted by Gasteiger charge is 2.23. The molecule has 4 nitrogen and oxygen atoms in total. The third kappa shape index (κ3) is 3.24. The Morgan fingerprint density at radius 3 is 2.20 bits per heavy atom. The minimum atomic E-state index is -1.10. The Balaban J connectivity index is 2.24. The van der Waals surface area contributed by atoms with Gasteiger partial charge in [0, 0.05) is 4.47 Å². The zero-order chi connectivity index (χ0) is 14.5. The molecule has 102 valence electrons. The molecule has 0 spiro atoms. The SMILES string of the molecule is O=C(N[C@H](C(=O)O)c1ccccc1)c1ccccc1Br. The Morgan fingerprint density at radius 1 is 1.00 bits per heavy atom. The fourth-order valence-corrected chi connectivity index (χ4v) is 2.25. The summed E-state index contributed by atoms with van der Waals surface area (Å²) in [5.74, 6) is -1.54. The minimum absolute atomic E-state index is 0.398. The molecule has 2 rings (SSSR count). The van der Waals surface area contributed by atoms with E-state index in [1.807, 2.05) is 0 Å². The fourth-order valence-electron chi connectivity index (χ4n) is 1.79. The molecule has 0 aliphatic rings. The van der Waals surface area contributed by atoms with Crippen molar-refractivity contribution in [3.8, 4) is 0 Å². The van der Waals surface area contributed by atoms with Gasteiger partial charge < -0.3 is 10.4 Å². The highest BCUT2D eigenvalue weighted by atomic mass is 79.9. The van der Waals surface area contributed by atoms with Crippen LogP contribution in [-0.2, 0) is 4.79 Å². The summed E-state index contributed by atoms with van der Waals surface area (Å²) in [5.41, 5.74) is 0.926. The van der Waals surface area contributed by atoms with Crippen molar-refractivity contribution in [1.82, 2.24) is 5.32 Å². The van der Waals surface area contributed by atoms with Gasteiger partial charge >= 0.3 is 5.97 Å². The lowest BCUT2D eigenvalue weighted by atomic mass is 10.1. The van der Waals surface area contributed by atoms with Crippen LogP contribution in [0.3, 0.4) is 0 Å². The molecular weight excluding hydrogens is 322 g/mol. The first-order valence-corrected chi connectivity index (χ1v) is 6.72. The first-order valence-electron chi connectivity index (χ1n) is 5.92. The average Bonchev–Trinajstić information content (AvgIpc) is 2.45. The van der Waals surface area contributed by atoms with Crippen LogP contribution in [0, 0.1) is 0 Å². The van der Waals surface area contributed by atoms with Gasteiger partial charge in [-0.3, -0.25) is 4.79 Å².